The Morgan fingerprint density at radius 3 is 2.29 bits per heavy atom. The lowest BCUT2D eigenvalue weighted by molar-refractivity contribution is 0.0670. The maximum Gasteiger partial charge on any atom is 0.129 e. The van der Waals surface area contributed by atoms with Crippen LogP contribution in [-0.4, -0.2) is 19.3 Å². The molecule has 0 bridgehead atoms. The lowest BCUT2D eigenvalue weighted by Crippen LogP contribution is -2.26. The first kappa shape index (κ1) is 12.0. The van der Waals surface area contributed by atoms with E-state index in [4.69, 9.17) is 9.47 Å². The molecule has 0 saturated carbocycles. The Labute approximate surface area is 102 Å². The molecule has 0 saturated heterocycles. The highest BCUT2D eigenvalue weighted by atomic mass is 16.5. The Bertz CT molecular complexity index is 403. The second-order valence-corrected chi connectivity index (χ2v) is 4.26. The average molecular weight is 234 g/mol. The number of methoxy groups -OCH3 is 2. The summed E-state index contributed by atoms with van der Waals surface area (Å²) in [6, 6.07) is 5.55. The van der Waals surface area contributed by atoms with Crippen LogP contribution in [0.2, 0.25) is 0 Å². The van der Waals surface area contributed by atoms with E-state index < -0.39 is 5.60 Å². The molecule has 1 aliphatic carbocycles. The zero-order valence-electron chi connectivity index (χ0n) is 10.3. The van der Waals surface area contributed by atoms with Gasteiger partial charge in [-0.2, -0.15) is 0 Å². The molecule has 0 amide bonds. The van der Waals surface area contributed by atoms with Gasteiger partial charge in [0.2, 0.25) is 0 Å². The van der Waals surface area contributed by atoms with E-state index in [-0.39, 0.29) is 0 Å². The molecule has 0 aliphatic heterocycles. The zero-order valence-corrected chi connectivity index (χ0v) is 10.3. The van der Waals surface area contributed by atoms with Crippen LogP contribution in [0.1, 0.15) is 24.8 Å². The fourth-order valence-electron chi connectivity index (χ4n) is 2.34. The molecule has 1 aromatic carbocycles. The molecule has 0 heterocycles. The zero-order chi connectivity index (χ0) is 12.3. The number of hydrogen-bond acceptors (Lipinski definition) is 3. The summed E-state index contributed by atoms with van der Waals surface area (Å²) >= 11 is 0. The Morgan fingerprint density at radius 2 is 1.82 bits per heavy atom. The van der Waals surface area contributed by atoms with Crippen LogP contribution in [0.15, 0.2) is 30.4 Å². The number of hydrogen-bond donors (Lipinski definition) is 1. The van der Waals surface area contributed by atoms with Crippen LogP contribution >= 0.6 is 0 Å². The molecule has 3 heteroatoms. The van der Waals surface area contributed by atoms with Crippen LogP contribution < -0.4 is 9.47 Å². The maximum atomic E-state index is 10.7. The van der Waals surface area contributed by atoms with Gasteiger partial charge in [0.15, 0.2) is 0 Å². The van der Waals surface area contributed by atoms with Crippen molar-refractivity contribution in [2.75, 3.05) is 14.2 Å². The fourth-order valence-corrected chi connectivity index (χ4v) is 2.34. The van der Waals surface area contributed by atoms with Crippen molar-refractivity contribution < 1.29 is 14.6 Å². The molecule has 1 atom stereocenters. The van der Waals surface area contributed by atoms with Crippen molar-refractivity contribution in [1.82, 2.24) is 0 Å². The van der Waals surface area contributed by atoms with Crippen LogP contribution in [0.5, 0.6) is 11.5 Å². The number of aliphatic hydroxyl groups is 1. The van der Waals surface area contributed by atoms with Crippen molar-refractivity contribution in [3.63, 3.8) is 0 Å². The first-order valence-electron chi connectivity index (χ1n) is 5.83. The highest BCUT2D eigenvalue weighted by Gasteiger charge is 2.33. The van der Waals surface area contributed by atoms with Crippen LogP contribution in [0, 0.1) is 0 Å². The van der Waals surface area contributed by atoms with E-state index in [9.17, 15) is 5.11 Å². The molecular formula is C14H18O3. The molecule has 3 nitrogen and oxygen atoms in total. The minimum atomic E-state index is -0.976. The predicted molar refractivity (Wildman–Crippen MR) is 66.4 cm³/mol. The van der Waals surface area contributed by atoms with Crippen LogP contribution in [0.3, 0.4) is 0 Å². The van der Waals surface area contributed by atoms with Gasteiger partial charge in [-0.25, -0.2) is 0 Å². The van der Waals surface area contributed by atoms with E-state index in [1.165, 1.54) is 0 Å². The Kier molecular flexibility index (Phi) is 3.38. The summed E-state index contributed by atoms with van der Waals surface area (Å²) in [6.45, 7) is 0. The first-order valence-corrected chi connectivity index (χ1v) is 5.83. The van der Waals surface area contributed by atoms with Gasteiger partial charge in [-0.1, -0.05) is 18.2 Å². The monoisotopic (exact) mass is 234 g/mol. The normalized spacial score (nSPS) is 23.5. The van der Waals surface area contributed by atoms with Crippen LogP contribution in [0.4, 0.5) is 0 Å². The van der Waals surface area contributed by atoms with E-state index in [1.54, 1.807) is 14.2 Å². The lowest BCUT2D eigenvalue weighted by Gasteiger charge is -2.30. The van der Waals surface area contributed by atoms with Crippen molar-refractivity contribution in [2.24, 2.45) is 0 Å². The summed E-state index contributed by atoms with van der Waals surface area (Å²) in [7, 11) is 3.21. The molecule has 1 N–H and O–H groups in total. The van der Waals surface area contributed by atoms with E-state index in [0.29, 0.717) is 17.9 Å². The van der Waals surface area contributed by atoms with E-state index in [2.05, 4.69) is 0 Å². The standard InChI is InChI=1S/C14H18O3/c1-16-11-7-6-8-12(17-2)13(11)14(15)9-4-3-5-10-14/h4,6-9,15H,3,5,10H2,1-2H3. The molecule has 0 fully saturated rings. The molecule has 1 aromatic rings. The van der Waals surface area contributed by atoms with Gasteiger partial charge in [0, 0.05) is 0 Å². The van der Waals surface area contributed by atoms with Crippen molar-refractivity contribution in [2.45, 2.75) is 24.9 Å². The number of ether oxygens (including phenoxy) is 2. The van der Waals surface area contributed by atoms with Gasteiger partial charge in [-0.15, -0.1) is 0 Å². The van der Waals surface area contributed by atoms with E-state index in [1.807, 2.05) is 30.4 Å². The van der Waals surface area contributed by atoms with Gasteiger partial charge >= 0.3 is 0 Å². The largest absolute Gasteiger partial charge is 0.496 e. The molecule has 0 aromatic heterocycles. The Balaban J connectivity index is 2.55. The molecule has 0 radical (unpaired) electrons. The summed E-state index contributed by atoms with van der Waals surface area (Å²) in [5.41, 5.74) is -0.253. The average Bonchev–Trinajstić information content (AvgIpc) is 2.38. The Hall–Kier alpha value is -1.48. The SMILES string of the molecule is COc1cccc(OC)c1C1(O)C=CCCC1. The van der Waals surface area contributed by atoms with Crippen LogP contribution in [0.25, 0.3) is 0 Å². The molecule has 1 unspecified atom stereocenters. The third-order valence-electron chi connectivity index (χ3n) is 3.18. The second kappa shape index (κ2) is 4.80. The van der Waals surface area contributed by atoms with Crippen LogP contribution in [-0.2, 0) is 5.60 Å². The van der Waals surface area contributed by atoms with Crippen molar-refractivity contribution >= 4 is 0 Å². The summed E-state index contributed by atoms with van der Waals surface area (Å²) in [6.07, 6.45) is 6.53. The van der Waals surface area contributed by atoms with Gasteiger partial charge in [0.25, 0.3) is 0 Å². The van der Waals surface area contributed by atoms with E-state index >= 15 is 0 Å². The summed E-state index contributed by atoms with van der Waals surface area (Å²) in [5, 5.41) is 10.7. The smallest absolute Gasteiger partial charge is 0.129 e. The third-order valence-corrected chi connectivity index (χ3v) is 3.18. The number of benzene rings is 1. The second-order valence-electron chi connectivity index (χ2n) is 4.26. The third kappa shape index (κ3) is 2.15. The fraction of sp³-hybridized carbons (Fsp3) is 0.429. The molecule has 1 aliphatic rings. The van der Waals surface area contributed by atoms with Gasteiger partial charge < -0.3 is 14.6 Å². The van der Waals surface area contributed by atoms with E-state index in [0.717, 1.165) is 18.4 Å². The van der Waals surface area contributed by atoms with Crippen molar-refractivity contribution in [3.05, 3.63) is 35.9 Å². The van der Waals surface area contributed by atoms with Gasteiger partial charge in [-0.05, 0) is 31.4 Å². The maximum absolute atomic E-state index is 10.7. The van der Waals surface area contributed by atoms with Crippen molar-refractivity contribution in [3.8, 4) is 11.5 Å². The van der Waals surface area contributed by atoms with Crippen molar-refractivity contribution in [1.29, 1.82) is 0 Å². The van der Waals surface area contributed by atoms with Gasteiger partial charge in [-0.3, -0.25) is 0 Å². The summed E-state index contributed by atoms with van der Waals surface area (Å²) < 4.78 is 10.7. The number of rotatable bonds is 3. The molecule has 92 valence electrons. The first-order chi connectivity index (χ1) is 8.21. The van der Waals surface area contributed by atoms with Gasteiger partial charge in [0.1, 0.15) is 17.1 Å². The highest BCUT2D eigenvalue weighted by Crippen LogP contribution is 2.42. The quantitative estimate of drug-likeness (QED) is 0.817. The topological polar surface area (TPSA) is 38.7 Å². The molecule has 2 rings (SSSR count). The number of allylic oxidation sites excluding steroid dienone is 1. The highest BCUT2D eigenvalue weighted by molar-refractivity contribution is 5.50. The molecule has 0 spiro atoms. The summed E-state index contributed by atoms with van der Waals surface area (Å²) in [4.78, 5) is 0. The molecular weight excluding hydrogens is 216 g/mol. The minimum Gasteiger partial charge on any atom is -0.496 e. The Morgan fingerprint density at radius 1 is 1.18 bits per heavy atom. The minimum absolute atomic E-state index is 0.665. The molecule has 17 heavy (non-hydrogen) atoms. The summed E-state index contributed by atoms with van der Waals surface area (Å²) in [5.74, 6) is 1.33. The van der Waals surface area contributed by atoms with Gasteiger partial charge in [0.05, 0.1) is 19.8 Å². The predicted octanol–water partition coefficient (Wildman–Crippen LogP) is 2.63. The lowest BCUT2D eigenvalue weighted by atomic mass is 9.83.